The number of para-hydroxylation sites is 2. The first kappa shape index (κ1) is 13.9. The molecule has 3 nitrogen and oxygen atoms in total. The summed E-state index contributed by atoms with van der Waals surface area (Å²) >= 11 is 0. The van der Waals surface area contributed by atoms with Gasteiger partial charge in [0.05, 0.1) is 11.4 Å². The molecule has 2 N–H and O–H groups in total. The van der Waals surface area contributed by atoms with Gasteiger partial charge in [0.2, 0.25) is 0 Å². The molecule has 1 heterocycles. The van der Waals surface area contributed by atoms with Crippen molar-refractivity contribution >= 4 is 11.4 Å². The van der Waals surface area contributed by atoms with Gasteiger partial charge < -0.3 is 15.5 Å². The molecule has 1 aliphatic rings. The molecule has 4 heteroatoms. The van der Waals surface area contributed by atoms with Crippen LogP contribution in [0.1, 0.15) is 11.1 Å². The van der Waals surface area contributed by atoms with E-state index in [0.29, 0.717) is 6.54 Å². The Morgan fingerprint density at radius 3 is 2.57 bits per heavy atom. The zero-order valence-corrected chi connectivity index (χ0v) is 12.2. The van der Waals surface area contributed by atoms with Gasteiger partial charge in [-0.05, 0) is 35.4 Å². The highest BCUT2D eigenvalue weighted by Gasteiger charge is 2.20. The van der Waals surface area contributed by atoms with Crippen LogP contribution in [0.15, 0.2) is 42.5 Å². The molecule has 0 fully saturated rings. The molecule has 0 atom stereocenters. The zero-order chi connectivity index (χ0) is 14.8. The summed E-state index contributed by atoms with van der Waals surface area (Å²) in [7, 11) is 2.11. The fourth-order valence-corrected chi connectivity index (χ4v) is 2.87. The van der Waals surface area contributed by atoms with E-state index in [-0.39, 0.29) is 5.82 Å². The standard InChI is InChI=1S/C17H20FN3/c1-20-8-9-21(17-5-3-2-4-16(17)20)12-13-6-7-15(18)10-14(13)11-19/h2-7,10H,8-9,11-12,19H2,1H3. The van der Waals surface area contributed by atoms with E-state index in [9.17, 15) is 4.39 Å². The van der Waals surface area contributed by atoms with Gasteiger partial charge in [-0.3, -0.25) is 0 Å². The van der Waals surface area contributed by atoms with Gasteiger partial charge in [0, 0.05) is 33.2 Å². The number of halogens is 1. The van der Waals surface area contributed by atoms with Gasteiger partial charge >= 0.3 is 0 Å². The van der Waals surface area contributed by atoms with Crippen molar-refractivity contribution in [2.24, 2.45) is 5.73 Å². The Morgan fingerprint density at radius 2 is 1.81 bits per heavy atom. The SMILES string of the molecule is CN1CCN(Cc2ccc(F)cc2CN)c2ccccc21. The van der Waals surface area contributed by atoms with Crippen molar-refractivity contribution in [3.8, 4) is 0 Å². The Balaban J connectivity index is 1.91. The van der Waals surface area contributed by atoms with Gasteiger partial charge in [-0.25, -0.2) is 4.39 Å². The van der Waals surface area contributed by atoms with E-state index in [1.807, 2.05) is 6.07 Å². The van der Waals surface area contributed by atoms with E-state index in [2.05, 4.69) is 41.1 Å². The van der Waals surface area contributed by atoms with Gasteiger partial charge in [0.15, 0.2) is 0 Å². The van der Waals surface area contributed by atoms with Gasteiger partial charge in [-0.1, -0.05) is 18.2 Å². The van der Waals surface area contributed by atoms with Crippen molar-refractivity contribution in [1.82, 2.24) is 0 Å². The molecule has 0 radical (unpaired) electrons. The maximum atomic E-state index is 13.3. The second-order valence-corrected chi connectivity index (χ2v) is 5.45. The van der Waals surface area contributed by atoms with Crippen LogP contribution < -0.4 is 15.5 Å². The summed E-state index contributed by atoms with van der Waals surface area (Å²) in [6.07, 6.45) is 0. The van der Waals surface area contributed by atoms with Crippen molar-refractivity contribution in [2.45, 2.75) is 13.1 Å². The molecule has 110 valence electrons. The van der Waals surface area contributed by atoms with Crippen LogP contribution in [0, 0.1) is 5.82 Å². The molecule has 2 aromatic carbocycles. The lowest BCUT2D eigenvalue weighted by Gasteiger charge is -2.37. The van der Waals surface area contributed by atoms with E-state index in [4.69, 9.17) is 5.73 Å². The lowest BCUT2D eigenvalue weighted by Crippen LogP contribution is -2.38. The number of hydrogen-bond acceptors (Lipinski definition) is 3. The van der Waals surface area contributed by atoms with Gasteiger partial charge in [-0.15, -0.1) is 0 Å². The molecule has 0 saturated carbocycles. The van der Waals surface area contributed by atoms with E-state index < -0.39 is 0 Å². The molecule has 2 aromatic rings. The second-order valence-electron chi connectivity index (χ2n) is 5.45. The van der Waals surface area contributed by atoms with Crippen LogP contribution in [0.5, 0.6) is 0 Å². The molecule has 3 rings (SSSR count). The Hall–Kier alpha value is -2.07. The van der Waals surface area contributed by atoms with Crippen LogP contribution in [-0.2, 0) is 13.1 Å². The number of hydrogen-bond donors (Lipinski definition) is 1. The van der Waals surface area contributed by atoms with Crippen molar-refractivity contribution in [2.75, 3.05) is 29.9 Å². The minimum atomic E-state index is -0.224. The molecule has 0 unspecified atom stereocenters. The average molecular weight is 285 g/mol. The third kappa shape index (κ3) is 2.72. The Bertz CT molecular complexity index is 642. The highest BCUT2D eigenvalue weighted by Crippen LogP contribution is 2.33. The zero-order valence-electron chi connectivity index (χ0n) is 12.2. The largest absolute Gasteiger partial charge is 0.371 e. The fraction of sp³-hybridized carbons (Fsp3) is 0.294. The lowest BCUT2D eigenvalue weighted by atomic mass is 10.1. The molecule has 0 amide bonds. The maximum absolute atomic E-state index is 13.3. The van der Waals surface area contributed by atoms with Crippen LogP contribution in [0.25, 0.3) is 0 Å². The van der Waals surface area contributed by atoms with E-state index in [1.165, 1.54) is 23.5 Å². The third-order valence-electron chi connectivity index (χ3n) is 4.09. The molecule has 0 bridgehead atoms. The number of nitrogens with zero attached hydrogens (tertiary/aromatic N) is 2. The normalized spacial score (nSPS) is 14.2. The Kier molecular flexibility index (Phi) is 3.80. The average Bonchev–Trinajstić information content (AvgIpc) is 2.52. The highest BCUT2D eigenvalue weighted by molar-refractivity contribution is 5.73. The maximum Gasteiger partial charge on any atom is 0.123 e. The number of rotatable bonds is 3. The van der Waals surface area contributed by atoms with E-state index in [1.54, 1.807) is 0 Å². The summed E-state index contributed by atoms with van der Waals surface area (Å²) in [4.78, 5) is 4.60. The molecule has 1 aliphatic heterocycles. The van der Waals surface area contributed by atoms with Crippen molar-refractivity contribution in [1.29, 1.82) is 0 Å². The third-order valence-corrected chi connectivity index (χ3v) is 4.09. The van der Waals surface area contributed by atoms with Crippen LogP contribution in [0.4, 0.5) is 15.8 Å². The second kappa shape index (κ2) is 5.74. The van der Waals surface area contributed by atoms with Crippen LogP contribution in [0.3, 0.4) is 0 Å². The monoisotopic (exact) mass is 285 g/mol. The first-order valence-corrected chi connectivity index (χ1v) is 7.21. The number of benzene rings is 2. The minimum absolute atomic E-state index is 0.224. The molecule has 0 aromatic heterocycles. The first-order valence-electron chi connectivity index (χ1n) is 7.21. The number of fused-ring (bicyclic) bond motifs is 1. The van der Waals surface area contributed by atoms with Crippen molar-refractivity contribution in [3.05, 3.63) is 59.4 Å². The van der Waals surface area contributed by atoms with E-state index >= 15 is 0 Å². The predicted molar refractivity (Wildman–Crippen MR) is 85.1 cm³/mol. The molecule has 0 saturated heterocycles. The lowest BCUT2D eigenvalue weighted by molar-refractivity contribution is 0.623. The fourth-order valence-electron chi connectivity index (χ4n) is 2.87. The van der Waals surface area contributed by atoms with Crippen LogP contribution in [0.2, 0.25) is 0 Å². The van der Waals surface area contributed by atoms with Gasteiger partial charge in [-0.2, -0.15) is 0 Å². The van der Waals surface area contributed by atoms with E-state index in [0.717, 1.165) is 30.8 Å². The topological polar surface area (TPSA) is 32.5 Å². The minimum Gasteiger partial charge on any atom is -0.371 e. The summed E-state index contributed by atoms with van der Waals surface area (Å²) in [5.41, 5.74) is 10.2. The number of nitrogens with two attached hydrogens (primary N) is 1. The predicted octanol–water partition coefficient (Wildman–Crippen LogP) is 2.74. The van der Waals surface area contributed by atoms with Crippen molar-refractivity contribution < 1.29 is 4.39 Å². The first-order chi connectivity index (χ1) is 10.2. The Labute approximate surface area is 124 Å². The smallest absolute Gasteiger partial charge is 0.123 e. The molecule has 0 aliphatic carbocycles. The van der Waals surface area contributed by atoms with Crippen LogP contribution >= 0.6 is 0 Å². The Morgan fingerprint density at radius 1 is 1.05 bits per heavy atom. The van der Waals surface area contributed by atoms with Gasteiger partial charge in [0.25, 0.3) is 0 Å². The molecular weight excluding hydrogens is 265 g/mol. The molecular formula is C17H20FN3. The summed E-state index contributed by atoms with van der Waals surface area (Å²) in [5.74, 6) is -0.224. The number of anilines is 2. The number of likely N-dealkylation sites (N-methyl/N-ethyl adjacent to an activating group) is 1. The summed E-state index contributed by atoms with van der Waals surface area (Å²) < 4.78 is 13.3. The summed E-state index contributed by atoms with van der Waals surface area (Å²) in [5, 5.41) is 0. The summed E-state index contributed by atoms with van der Waals surface area (Å²) in [6.45, 7) is 3.06. The summed E-state index contributed by atoms with van der Waals surface area (Å²) in [6, 6.07) is 13.3. The molecule has 21 heavy (non-hydrogen) atoms. The van der Waals surface area contributed by atoms with Crippen LogP contribution in [-0.4, -0.2) is 20.1 Å². The highest BCUT2D eigenvalue weighted by atomic mass is 19.1. The molecule has 0 spiro atoms. The van der Waals surface area contributed by atoms with Crippen molar-refractivity contribution in [3.63, 3.8) is 0 Å². The van der Waals surface area contributed by atoms with Gasteiger partial charge in [0.1, 0.15) is 5.82 Å². The quantitative estimate of drug-likeness (QED) is 0.941.